The van der Waals surface area contributed by atoms with Gasteiger partial charge in [0.2, 0.25) is 0 Å². The largest absolute Gasteiger partial charge is 0.496 e. The molecule has 0 aliphatic heterocycles. The van der Waals surface area contributed by atoms with Gasteiger partial charge in [0.25, 0.3) is 5.91 Å². The smallest absolute Gasteiger partial charge is 0.256 e. The van der Waals surface area contributed by atoms with Crippen molar-refractivity contribution in [1.82, 2.24) is 9.78 Å². The highest BCUT2D eigenvalue weighted by Crippen LogP contribution is 2.26. The third kappa shape index (κ3) is 3.22. The maximum atomic E-state index is 12.3. The average Bonchev–Trinajstić information content (AvgIpc) is 2.80. The minimum Gasteiger partial charge on any atom is -0.496 e. The summed E-state index contributed by atoms with van der Waals surface area (Å²) in [6.07, 6.45) is 1.52. The highest BCUT2D eigenvalue weighted by molar-refractivity contribution is 9.10. The fraction of sp³-hybridized carbons (Fsp3) is 0.154. The number of halogens is 1. The molecule has 3 N–H and O–H groups in total. The number of aryl methyl sites for hydroxylation is 1. The first-order valence-electron chi connectivity index (χ1n) is 5.90. The van der Waals surface area contributed by atoms with E-state index in [-0.39, 0.29) is 10.9 Å². The molecule has 1 heterocycles. The minimum absolute atomic E-state index is 0.175. The lowest BCUT2D eigenvalue weighted by Gasteiger charge is -2.09. The lowest BCUT2D eigenvalue weighted by atomic mass is 10.2. The van der Waals surface area contributed by atoms with E-state index in [0.29, 0.717) is 27.2 Å². The van der Waals surface area contributed by atoms with E-state index < -0.39 is 0 Å². The van der Waals surface area contributed by atoms with Crippen molar-refractivity contribution in [3.63, 3.8) is 0 Å². The third-order valence-electron chi connectivity index (χ3n) is 2.85. The van der Waals surface area contributed by atoms with Gasteiger partial charge in [0.05, 0.1) is 23.3 Å². The SMILES string of the molecule is COc1ccc(C(=O)Nc2c(C(N)=S)cnn2C)cc1Br. The molecule has 0 bridgehead atoms. The van der Waals surface area contributed by atoms with Crippen LogP contribution in [0.2, 0.25) is 0 Å². The number of carbonyl (C=O) groups is 1. The fourth-order valence-electron chi connectivity index (χ4n) is 1.75. The first-order valence-corrected chi connectivity index (χ1v) is 7.11. The van der Waals surface area contributed by atoms with Crippen LogP contribution in [-0.4, -0.2) is 27.8 Å². The predicted octanol–water partition coefficient (Wildman–Crippen LogP) is 2.08. The Labute approximate surface area is 135 Å². The maximum absolute atomic E-state index is 12.3. The van der Waals surface area contributed by atoms with E-state index in [0.717, 1.165) is 0 Å². The lowest BCUT2D eigenvalue weighted by Crippen LogP contribution is -2.18. The van der Waals surface area contributed by atoms with Crippen LogP contribution < -0.4 is 15.8 Å². The van der Waals surface area contributed by atoms with Crippen LogP contribution in [0.3, 0.4) is 0 Å². The Kier molecular flexibility index (Phi) is 4.59. The monoisotopic (exact) mass is 368 g/mol. The van der Waals surface area contributed by atoms with Crippen LogP contribution in [0.15, 0.2) is 28.9 Å². The van der Waals surface area contributed by atoms with Gasteiger partial charge in [-0.25, -0.2) is 0 Å². The number of carbonyl (C=O) groups excluding carboxylic acids is 1. The van der Waals surface area contributed by atoms with Crippen molar-refractivity contribution < 1.29 is 9.53 Å². The Balaban J connectivity index is 2.28. The van der Waals surface area contributed by atoms with Gasteiger partial charge >= 0.3 is 0 Å². The lowest BCUT2D eigenvalue weighted by molar-refractivity contribution is 0.102. The summed E-state index contributed by atoms with van der Waals surface area (Å²) in [5.74, 6) is 0.815. The minimum atomic E-state index is -0.292. The first-order chi connectivity index (χ1) is 9.93. The van der Waals surface area contributed by atoms with Gasteiger partial charge in [0, 0.05) is 12.6 Å². The van der Waals surface area contributed by atoms with E-state index in [1.807, 2.05) is 0 Å². The summed E-state index contributed by atoms with van der Waals surface area (Å²) in [6, 6.07) is 5.04. The molecular weight excluding hydrogens is 356 g/mol. The summed E-state index contributed by atoms with van der Waals surface area (Å²) in [5.41, 5.74) is 6.60. The third-order valence-corrected chi connectivity index (χ3v) is 3.69. The quantitative estimate of drug-likeness (QED) is 0.807. The standard InChI is InChI=1S/C13H13BrN4O2S/c1-18-12(8(6-16-18)11(15)21)17-13(19)7-3-4-10(20-2)9(14)5-7/h3-6H,1-2H3,(H2,15,21)(H,17,19). The number of benzene rings is 1. The molecule has 0 aliphatic carbocycles. The fourth-order valence-corrected chi connectivity index (χ4v) is 2.44. The van der Waals surface area contributed by atoms with Crippen molar-refractivity contribution in [3.8, 4) is 5.75 Å². The van der Waals surface area contributed by atoms with E-state index in [9.17, 15) is 4.79 Å². The maximum Gasteiger partial charge on any atom is 0.256 e. The molecule has 0 unspecified atom stereocenters. The van der Waals surface area contributed by atoms with Gasteiger partial charge < -0.3 is 15.8 Å². The van der Waals surface area contributed by atoms with Gasteiger partial charge in [-0.3, -0.25) is 9.48 Å². The molecule has 0 atom stereocenters. The first kappa shape index (κ1) is 15.5. The van der Waals surface area contributed by atoms with E-state index in [4.69, 9.17) is 22.7 Å². The number of hydrogen-bond acceptors (Lipinski definition) is 4. The number of nitrogens with zero attached hydrogens (tertiary/aromatic N) is 2. The van der Waals surface area contributed by atoms with Gasteiger partial charge in [-0.1, -0.05) is 12.2 Å². The van der Waals surface area contributed by atoms with Gasteiger partial charge in [-0.2, -0.15) is 5.10 Å². The number of hydrogen-bond donors (Lipinski definition) is 2. The predicted molar refractivity (Wildman–Crippen MR) is 87.7 cm³/mol. The van der Waals surface area contributed by atoms with E-state index in [1.165, 1.54) is 10.9 Å². The van der Waals surface area contributed by atoms with Crippen molar-refractivity contribution in [2.24, 2.45) is 12.8 Å². The molecule has 21 heavy (non-hydrogen) atoms. The summed E-state index contributed by atoms with van der Waals surface area (Å²) in [6.45, 7) is 0. The number of aromatic nitrogens is 2. The molecule has 8 heteroatoms. The number of nitrogens with one attached hydrogen (secondary N) is 1. The number of amides is 1. The average molecular weight is 369 g/mol. The van der Waals surface area contributed by atoms with Crippen molar-refractivity contribution in [1.29, 1.82) is 0 Å². The molecule has 0 aliphatic rings. The Morgan fingerprint density at radius 3 is 2.81 bits per heavy atom. The molecule has 110 valence electrons. The zero-order valence-electron chi connectivity index (χ0n) is 11.4. The van der Waals surface area contributed by atoms with Gasteiger partial charge in [0.1, 0.15) is 16.6 Å². The second-order valence-corrected chi connectivity index (χ2v) is 5.49. The van der Waals surface area contributed by atoms with Crippen LogP contribution in [-0.2, 0) is 7.05 Å². The molecule has 2 rings (SSSR count). The summed E-state index contributed by atoms with van der Waals surface area (Å²) in [7, 11) is 3.26. The molecule has 0 saturated heterocycles. The van der Waals surface area contributed by atoms with Crippen molar-refractivity contribution in [3.05, 3.63) is 40.0 Å². The van der Waals surface area contributed by atoms with E-state index in [2.05, 4.69) is 26.3 Å². The molecule has 0 spiro atoms. The second kappa shape index (κ2) is 6.23. The Hall–Kier alpha value is -1.93. The van der Waals surface area contributed by atoms with E-state index in [1.54, 1.807) is 32.4 Å². The molecule has 0 saturated carbocycles. The number of thiocarbonyl (C=S) groups is 1. The van der Waals surface area contributed by atoms with Crippen LogP contribution >= 0.6 is 28.1 Å². The normalized spacial score (nSPS) is 10.2. The molecule has 0 fully saturated rings. The summed E-state index contributed by atoms with van der Waals surface area (Å²) < 4.78 is 7.33. The summed E-state index contributed by atoms with van der Waals surface area (Å²) >= 11 is 8.28. The van der Waals surface area contributed by atoms with Gasteiger partial charge in [0.15, 0.2) is 0 Å². The number of anilines is 1. The molecule has 1 aromatic carbocycles. The molecule has 0 radical (unpaired) electrons. The van der Waals surface area contributed by atoms with Crippen LogP contribution in [0, 0.1) is 0 Å². The van der Waals surface area contributed by atoms with Crippen molar-refractivity contribution in [2.45, 2.75) is 0 Å². The molecule has 1 aromatic heterocycles. The molecule has 1 amide bonds. The number of methoxy groups -OCH3 is 1. The van der Waals surface area contributed by atoms with Gasteiger partial charge in [-0.15, -0.1) is 0 Å². The van der Waals surface area contributed by atoms with E-state index >= 15 is 0 Å². The number of ether oxygens (including phenoxy) is 1. The molecule has 6 nitrogen and oxygen atoms in total. The Morgan fingerprint density at radius 2 is 2.24 bits per heavy atom. The summed E-state index contributed by atoms with van der Waals surface area (Å²) in [5, 5.41) is 6.79. The molecular formula is C13H13BrN4O2S. The van der Waals surface area contributed by atoms with Crippen LogP contribution in [0.5, 0.6) is 5.75 Å². The van der Waals surface area contributed by atoms with Gasteiger partial charge in [-0.05, 0) is 34.1 Å². The highest BCUT2D eigenvalue weighted by Gasteiger charge is 2.15. The van der Waals surface area contributed by atoms with Crippen LogP contribution in [0.25, 0.3) is 0 Å². The number of rotatable bonds is 4. The van der Waals surface area contributed by atoms with Crippen molar-refractivity contribution in [2.75, 3.05) is 12.4 Å². The topological polar surface area (TPSA) is 82.2 Å². The Morgan fingerprint density at radius 1 is 1.52 bits per heavy atom. The number of nitrogens with two attached hydrogens (primary N) is 1. The van der Waals surface area contributed by atoms with Crippen LogP contribution in [0.4, 0.5) is 5.82 Å². The second-order valence-electron chi connectivity index (χ2n) is 4.20. The zero-order valence-corrected chi connectivity index (χ0v) is 13.8. The summed E-state index contributed by atoms with van der Waals surface area (Å²) in [4.78, 5) is 12.5. The zero-order chi connectivity index (χ0) is 15.6. The van der Waals surface area contributed by atoms with Crippen molar-refractivity contribution >= 4 is 44.9 Å². The van der Waals surface area contributed by atoms with Crippen LogP contribution in [0.1, 0.15) is 15.9 Å². The highest BCUT2D eigenvalue weighted by atomic mass is 79.9. The Bertz CT molecular complexity index is 714. The molecule has 2 aromatic rings.